The lowest BCUT2D eigenvalue weighted by Gasteiger charge is -2.35. The Hall–Kier alpha value is -5.75. The average molecular weight is 1130 g/mol. The highest BCUT2D eigenvalue weighted by Gasteiger charge is 2.44. The van der Waals surface area contributed by atoms with Crippen LogP contribution in [-0.4, -0.2) is 154 Å². The third-order valence-corrected chi connectivity index (χ3v) is 15.7. The Kier molecular flexibility index (Phi) is 22.2. The van der Waals surface area contributed by atoms with Crippen molar-refractivity contribution >= 4 is 74.5 Å². The van der Waals surface area contributed by atoms with Crippen LogP contribution in [0.4, 0.5) is 11.4 Å². The lowest BCUT2D eigenvalue weighted by Crippen LogP contribution is -2.58. The van der Waals surface area contributed by atoms with Gasteiger partial charge in [-0.15, -0.1) is 11.3 Å². The van der Waals surface area contributed by atoms with Crippen molar-refractivity contribution in [2.24, 2.45) is 5.41 Å². The number of aliphatic hydroxyl groups excluding tert-OH is 1. The maximum atomic E-state index is 14.0. The van der Waals surface area contributed by atoms with Crippen molar-refractivity contribution in [1.29, 1.82) is 5.26 Å². The smallest absolute Gasteiger partial charge is 0.246 e. The number of unbranched alkanes of at least 4 members (excludes halogenated alkanes) is 3. The summed E-state index contributed by atoms with van der Waals surface area (Å²) in [5, 5.41) is 33.1. The second kappa shape index (κ2) is 28.9. The van der Waals surface area contributed by atoms with Crippen molar-refractivity contribution in [3.8, 4) is 33.8 Å². The van der Waals surface area contributed by atoms with Gasteiger partial charge in [-0.05, 0) is 78.4 Å². The number of carbonyl (C=O) groups excluding carboxylic acids is 3. The molecule has 0 bridgehead atoms. The first-order chi connectivity index (χ1) is 37.6. The van der Waals surface area contributed by atoms with Crippen LogP contribution in [0, 0.1) is 23.7 Å². The van der Waals surface area contributed by atoms with Gasteiger partial charge in [0.05, 0.1) is 72.6 Å². The van der Waals surface area contributed by atoms with Gasteiger partial charge in [-0.3, -0.25) is 19.4 Å². The van der Waals surface area contributed by atoms with E-state index in [1.165, 1.54) is 28.6 Å². The summed E-state index contributed by atoms with van der Waals surface area (Å²) in [5.41, 5.74) is 4.57. The Morgan fingerprint density at radius 2 is 1.56 bits per heavy atom. The number of pyridine rings is 1. The number of nitrogens with one attached hydrogen (secondary N) is 3. The second-order valence-electron chi connectivity index (χ2n) is 20.8. The van der Waals surface area contributed by atoms with E-state index in [1.54, 1.807) is 30.6 Å². The van der Waals surface area contributed by atoms with Crippen LogP contribution in [0.1, 0.15) is 76.0 Å². The van der Waals surface area contributed by atoms with Crippen LogP contribution in [0.5, 0.6) is 17.2 Å². The molecule has 20 heteroatoms. The summed E-state index contributed by atoms with van der Waals surface area (Å²) >= 11 is 14.5. The summed E-state index contributed by atoms with van der Waals surface area (Å²) in [4.78, 5) is 52.7. The topological polar surface area (TPSA) is 200 Å². The highest BCUT2D eigenvalue weighted by molar-refractivity contribution is 7.13. The van der Waals surface area contributed by atoms with Gasteiger partial charge in [-0.25, -0.2) is 0 Å². The van der Waals surface area contributed by atoms with Crippen molar-refractivity contribution in [1.82, 2.24) is 30.3 Å². The summed E-state index contributed by atoms with van der Waals surface area (Å²) < 4.78 is 28.7. The Balaban J connectivity index is 0.725. The molecule has 3 amide bonds. The molecule has 4 heterocycles. The molecule has 420 valence electrons. The monoisotopic (exact) mass is 1130 g/mol. The summed E-state index contributed by atoms with van der Waals surface area (Å²) in [7, 11) is 3.10. The predicted molar refractivity (Wildman–Crippen MR) is 306 cm³/mol. The van der Waals surface area contributed by atoms with Crippen LogP contribution >= 0.6 is 34.5 Å². The number of piperazine rings is 1. The Morgan fingerprint density at radius 1 is 0.859 bits per heavy atom. The van der Waals surface area contributed by atoms with Crippen LogP contribution in [0.25, 0.3) is 21.3 Å². The number of aliphatic hydroxyl groups is 1. The number of fused-ring (bicyclic) bond motifs is 1. The lowest BCUT2D eigenvalue weighted by atomic mass is 9.85. The van der Waals surface area contributed by atoms with Crippen molar-refractivity contribution in [2.75, 3.05) is 98.4 Å². The van der Waals surface area contributed by atoms with E-state index in [0.29, 0.717) is 75.0 Å². The molecule has 2 unspecified atom stereocenters. The molecule has 3 aromatic carbocycles. The molecule has 0 spiro atoms. The molecule has 0 radical (unpaired) electrons. The maximum absolute atomic E-state index is 14.0. The van der Waals surface area contributed by atoms with E-state index in [1.807, 2.05) is 57.2 Å². The van der Waals surface area contributed by atoms with Crippen LogP contribution < -0.4 is 30.2 Å². The first-order valence-corrected chi connectivity index (χ1v) is 28.3. The number of anilines is 2. The fourth-order valence-electron chi connectivity index (χ4n) is 9.66. The van der Waals surface area contributed by atoms with E-state index in [2.05, 4.69) is 55.2 Å². The van der Waals surface area contributed by atoms with Gasteiger partial charge in [-0.2, -0.15) is 5.26 Å². The third kappa shape index (κ3) is 16.4. The maximum Gasteiger partial charge on any atom is 0.246 e. The van der Waals surface area contributed by atoms with Crippen molar-refractivity contribution in [3.05, 3.63) is 92.9 Å². The molecule has 7 rings (SSSR count). The number of hydrogen-bond donors (Lipinski definition) is 4. The van der Waals surface area contributed by atoms with Crippen LogP contribution in [0.3, 0.4) is 0 Å². The predicted octanol–water partition coefficient (Wildman–Crippen LogP) is 9.00. The number of hydrogen-bond acceptors (Lipinski definition) is 15. The normalized spacial score (nSPS) is 16.4. The molecule has 4 N–H and O–H groups in total. The zero-order chi connectivity index (χ0) is 55.8. The Bertz CT molecular complexity index is 2850. The Labute approximate surface area is 472 Å². The number of ether oxygens (including phenoxy) is 5. The number of amides is 3. The Morgan fingerprint density at radius 3 is 2.24 bits per heavy atom. The summed E-state index contributed by atoms with van der Waals surface area (Å²) in [6.45, 7) is 15.5. The van der Waals surface area contributed by atoms with Crippen LogP contribution in [-0.2, 0) is 30.4 Å². The van der Waals surface area contributed by atoms with E-state index >= 15 is 0 Å². The van der Waals surface area contributed by atoms with Gasteiger partial charge in [0.2, 0.25) is 17.7 Å². The van der Waals surface area contributed by atoms with Crippen molar-refractivity contribution in [2.45, 2.75) is 91.0 Å². The number of thiophene rings is 1. The number of aryl methyl sites for hydroxylation is 1. The van der Waals surface area contributed by atoms with Gasteiger partial charge in [0, 0.05) is 87.4 Å². The molecule has 2 aliphatic rings. The fraction of sp³-hybridized carbons (Fsp3) is 0.500. The molecular formula is C58H74Cl2N8O9S. The molecule has 17 nitrogen and oxygen atoms in total. The number of rotatable bonds is 27. The molecular weight excluding hydrogens is 1060 g/mol. The standard InChI is InChI=1S/C58H74Cl2N8O9S/c1-38-16-27-78-54(38)40-14-12-39(13-15-40)34-63-56(71)48-28-42(69)36-68(48)57(72)55(58(2,3)4)65-52(70)37-76-26-25-75-23-10-8-7-9-17-66-19-21-67(22-20-66)18-11-24-77-51-31-46-43(29-50(51)74-6)53(41(33-61)35-62-46)64-47-32-49(73-5)45(60)30-44(47)59/h12-16,27,29-32,35,42,48,55,69H,7-11,17-26,28,34,36-37H2,1-6H3,(H,62,64)(H,63,71)(H,65,70)/t42-,48?,55?/m1/s1. The molecule has 2 aliphatic heterocycles. The van der Waals surface area contributed by atoms with E-state index in [9.17, 15) is 24.8 Å². The minimum absolute atomic E-state index is 0.00197. The zero-order valence-corrected chi connectivity index (χ0v) is 48.0. The largest absolute Gasteiger partial charge is 0.495 e. The number of halogens is 2. The van der Waals surface area contributed by atoms with E-state index in [0.717, 1.165) is 82.5 Å². The van der Waals surface area contributed by atoms with Gasteiger partial charge in [-0.1, -0.05) is 81.1 Å². The molecule has 2 saturated heterocycles. The number of likely N-dealkylation sites (tertiary alicyclic amines) is 1. The average Bonchev–Trinajstić information content (AvgIpc) is 4.11. The quantitative estimate of drug-likeness (QED) is 0.0363. The molecule has 0 saturated carbocycles. The number of aromatic nitrogens is 1. The van der Waals surface area contributed by atoms with Crippen LogP contribution in [0.15, 0.2) is 66.2 Å². The van der Waals surface area contributed by atoms with Crippen molar-refractivity contribution in [3.63, 3.8) is 0 Å². The zero-order valence-electron chi connectivity index (χ0n) is 45.6. The first-order valence-electron chi connectivity index (χ1n) is 26.7. The first kappa shape index (κ1) is 59.9. The van der Waals surface area contributed by atoms with Gasteiger partial charge < -0.3 is 59.4 Å². The SMILES string of the molecule is COc1cc(Nc2c(C#N)cnc3cc(OCCCN4CCN(CCCCCCOCCOCC(=O)NC(C(=O)N5C[C@H](O)CC5C(=O)NCc5ccc(-c6sccc6C)cc5)C(C)(C)C)CC4)c(OC)cc23)c(Cl)cc1Cl. The number of β-amino-alcohol motifs (C(OH)–C–C–N with tert-alkyl or cyclic N) is 1. The highest BCUT2D eigenvalue weighted by Crippen LogP contribution is 2.41. The molecule has 2 aromatic heterocycles. The van der Waals surface area contributed by atoms with Gasteiger partial charge in [0.25, 0.3) is 0 Å². The van der Waals surface area contributed by atoms with Crippen molar-refractivity contribution < 1.29 is 43.2 Å². The number of nitriles is 1. The second-order valence-corrected chi connectivity index (χ2v) is 22.6. The number of methoxy groups -OCH3 is 2. The van der Waals surface area contributed by atoms with E-state index in [-0.39, 0.29) is 38.6 Å². The number of carbonyl (C=O) groups is 3. The minimum Gasteiger partial charge on any atom is -0.495 e. The molecule has 5 aromatic rings. The van der Waals surface area contributed by atoms with Gasteiger partial charge in [0.15, 0.2) is 11.5 Å². The summed E-state index contributed by atoms with van der Waals surface area (Å²) in [5.74, 6) is 0.324. The molecule has 78 heavy (non-hydrogen) atoms. The summed E-state index contributed by atoms with van der Waals surface area (Å²) in [6, 6.07) is 17.4. The van der Waals surface area contributed by atoms with Crippen LogP contribution in [0.2, 0.25) is 10.0 Å². The summed E-state index contributed by atoms with van der Waals surface area (Å²) in [6.07, 6.45) is 5.88. The van der Waals surface area contributed by atoms with Gasteiger partial charge in [0.1, 0.15) is 30.5 Å². The molecule has 3 atom stereocenters. The van der Waals surface area contributed by atoms with Gasteiger partial charge >= 0.3 is 0 Å². The highest BCUT2D eigenvalue weighted by atomic mass is 35.5. The number of nitrogens with zero attached hydrogens (tertiary/aromatic N) is 5. The molecule has 0 aliphatic carbocycles. The fourth-order valence-corrected chi connectivity index (χ4v) is 11.1. The van der Waals surface area contributed by atoms with E-state index in [4.69, 9.17) is 46.9 Å². The molecule has 2 fully saturated rings. The lowest BCUT2D eigenvalue weighted by molar-refractivity contribution is -0.144. The van der Waals surface area contributed by atoms with E-state index < -0.39 is 35.4 Å². The third-order valence-electron chi connectivity index (χ3n) is 14.1. The number of benzene rings is 3. The minimum atomic E-state index is -0.939.